The van der Waals surface area contributed by atoms with Gasteiger partial charge in [0, 0.05) is 13.1 Å². The zero-order valence-corrected chi connectivity index (χ0v) is 4.48. The van der Waals surface area contributed by atoms with Gasteiger partial charge in [-0.1, -0.05) is 0 Å². The number of alkyl halides is 2. The molecule has 0 atom stereocenters. The van der Waals surface area contributed by atoms with Crippen molar-refractivity contribution in [1.82, 2.24) is 4.90 Å². The highest BCUT2D eigenvalue weighted by Crippen LogP contribution is 2.06. The molecule has 1 aliphatic heterocycles. The lowest BCUT2D eigenvalue weighted by atomic mass is 10.2. The van der Waals surface area contributed by atoms with Crippen LogP contribution < -0.4 is 0 Å². The van der Waals surface area contributed by atoms with Crippen molar-refractivity contribution in [3.05, 3.63) is 6.42 Å². The van der Waals surface area contributed by atoms with Crippen molar-refractivity contribution in [3.8, 4) is 0 Å². The maximum absolute atomic E-state index is 11.5. The molecule has 0 N–H and O–H groups in total. The van der Waals surface area contributed by atoms with Gasteiger partial charge in [0.15, 0.2) is 0 Å². The van der Waals surface area contributed by atoms with Crippen LogP contribution in [0.1, 0.15) is 0 Å². The molecule has 1 heterocycles. The SMILES string of the molecule is FC(F)CN1C[CH]C1. The molecule has 0 amide bonds. The molecule has 0 saturated carbocycles. The molecule has 0 aromatic rings. The van der Waals surface area contributed by atoms with E-state index in [9.17, 15) is 8.78 Å². The van der Waals surface area contributed by atoms with Crippen LogP contribution in [0.5, 0.6) is 0 Å². The molecule has 0 aromatic heterocycles. The topological polar surface area (TPSA) is 3.24 Å². The van der Waals surface area contributed by atoms with Gasteiger partial charge in [0.1, 0.15) is 0 Å². The van der Waals surface area contributed by atoms with E-state index in [1.165, 1.54) is 0 Å². The molecule has 3 heteroatoms. The summed E-state index contributed by atoms with van der Waals surface area (Å²) in [4.78, 5) is 1.70. The fraction of sp³-hybridized carbons (Fsp3) is 0.800. The second-order valence-corrected chi connectivity index (χ2v) is 1.90. The van der Waals surface area contributed by atoms with Gasteiger partial charge in [0.2, 0.25) is 0 Å². The van der Waals surface area contributed by atoms with E-state index in [4.69, 9.17) is 0 Å². The smallest absolute Gasteiger partial charge is 0.251 e. The van der Waals surface area contributed by atoms with E-state index in [-0.39, 0.29) is 6.54 Å². The van der Waals surface area contributed by atoms with Gasteiger partial charge in [-0.2, -0.15) is 0 Å². The molecule has 1 fully saturated rings. The van der Waals surface area contributed by atoms with Gasteiger partial charge in [0.25, 0.3) is 6.43 Å². The summed E-state index contributed by atoms with van der Waals surface area (Å²) >= 11 is 0. The van der Waals surface area contributed by atoms with Crippen molar-refractivity contribution in [2.75, 3.05) is 19.6 Å². The summed E-state index contributed by atoms with van der Waals surface area (Å²) in [5.74, 6) is 0. The lowest BCUT2D eigenvalue weighted by Crippen LogP contribution is -2.40. The molecule has 0 unspecified atom stereocenters. The Morgan fingerprint density at radius 3 is 2.25 bits per heavy atom. The summed E-state index contributed by atoms with van der Waals surface area (Å²) in [7, 11) is 0. The van der Waals surface area contributed by atoms with Crippen LogP contribution >= 0.6 is 0 Å². The van der Waals surface area contributed by atoms with E-state index in [1.54, 1.807) is 4.90 Å². The zero-order chi connectivity index (χ0) is 5.98. The Hall–Kier alpha value is -0.180. The molecule has 1 saturated heterocycles. The summed E-state index contributed by atoms with van der Waals surface area (Å²) in [5.41, 5.74) is 0. The van der Waals surface area contributed by atoms with Crippen molar-refractivity contribution in [2.24, 2.45) is 0 Å². The molecule has 0 bridgehead atoms. The first-order chi connectivity index (χ1) is 3.79. The first-order valence-electron chi connectivity index (χ1n) is 2.61. The van der Waals surface area contributed by atoms with Gasteiger partial charge in [-0.25, -0.2) is 8.78 Å². The molecular formula is C5H8F2N. The number of likely N-dealkylation sites (tertiary alicyclic amines) is 1. The second kappa shape index (κ2) is 2.40. The normalized spacial score (nSPS) is 21.4. The highest BCUT2D eigenvalue weighted by Gasteiger charge is 2.17. The van der Waals surface area contributed by atoms with E-state index < -0.39 is 6.43 Å². The first kappa shape index (κ1) is 5.95. The summed E-state index contributed by atoms with van der Waals surface area (Å²) in [6, 6.07) is 0. The number of halogens is 2. The fourth-order valence-electron chi connectivity index (χ4n) is 0.656. The Bertz CT molecular complexity index is 70.8. The van der Waals surface area contributed by atoms with Crippen molar-refractivity contribution in [2.45, 2.75) is 6.43 Å². The highest BCUT2D eigenvalue weighted by molar-refractivity contribution is 4.86. The van der Waals surface area contributed by atoms with Gasteiger partial charge in [-0.15, -0.1) is 0 Å². The minimum Gasteiger partial charge on any atom is -0.297 e. The quantitative estimate of drug-likeness (QED) is 0.520. The van der Waals surface area contributed by atoms with Crippen LogP contribution in [0, 0.1) is 6.42 Å². The Morgan fingerprint density at radius 1 is 1.50 bits per heavy atom. The van der Waals surface area contributed by atoms with Gasteiger partial charge < -0.3 is 0 Å². The fourth-order valence-corrected chi connectivity index (χ4v) is 0.656. The van der Waals surface area contributed by atoms with Crippen LogP contribution in [0.2, 0.25) is 0 Å². The van der Waals surface area contributed by atoms with Gasteiger partial charge in [-0.05, 0) is 6.42 Å². The first-order valence-corrected chi connectivity index (χ1v) is 2.61. The number of hydrogen-bond acceptors (Lipinski definition) is 1. The summed E-state index contributed by atoms with van der Waals surface area (Å²) < 4.78 is 22.9. The predicted molar refractivity (Wildman–Crippen MR) is 26.7 cm³/mol. The number of nitrogens with zero attached hydrogens (tertiary/aromatic N) is 1. The van der Waals surface area contributed by atoms with Crippen LogP contribution in [0.4, 0.5) is 8.78 Å². The van der Waals surface area contributed by atoms with E-state index in [2.05, 4.69) is 0 Å². The van der Waals surface area contributed by atoms with Crippen LogP contribution in [0.25, 0.3) is 0 Å². The Morgan fingerprint density at radius 2 is 2.12 bits per heavy atom. The van der Waals surface area contributed by atoms with E-state index in [1.807, 2.05) is 6.42 Å². The second-order valence-electron chi connectivity index (χ2n) is 1.90. The van der Waals surface area contributed by atoms with Crippen LogP contribution in [-0.4, -0.2) is 31.0 Å². The lowest BCUT2D eigenvalue weighted by Gasteiger charge is -2.29. The van der Waals surface area contributed by atoms with E-state index in [0.717, 1.165) is 13.1 Å². The molecule has 1 aliphatic rings. The van der Waals surface area contributed by atoms with Crippen molar-refractivity contribution < 1.29 is 8.78 Å². The molecule has 1 rings (SSSR count). The molecule has 0 aliphatic carbocycles. The third-order valence-corrected chi connectivity index (χ3v) is 1.17. The van der Waals surface area contributed by atoms with Gasteiger partial charge in [0.05, 0.1) is 6.54 Å². The third kappa shape index (κ3) is 1.40. The summed E-state index contributed by atoms with van der Waals surface area (Å²) in [5, 5.41) is 0. The molecule has 0 aromatic carbocycles. The molecular weight excluding hydrogens is 112 g/mol. The van der Waals surface area contributed by atoms with Crippen molar-refractivity contribution in [1.29, 1.82) is 0 Å². The molecule has 0 spiro atoms. The lowest BCUT2D eigenvalue weighted by molar-refractivity contribution is 0.0782. The largest absolute Gasteiger partial charge is 0.297 e. The van der Waals surface area contributed by atoms with Crippen molar-refractivity contribution >= 4 is 0 Å². The maximum Gasteiger partial charge on any atom is 0.251 e. The number of hydrogen-bond donors (Lipinski definition) is 0. The third-order valence-electron chi connectivity index (χ3n) is 1.17. The Labute approximate surface area is 47.3 Å². The minimum atomic E-state index is -2.16. The van der Waals surface area contributed by atoms with Gasteiger partial charge in [-0.3, -0.25) is 4.90 Å². The minimum absolute atomic E-state index is 0.0590. The monoisotopic (exact) mass is 120 g/mol. The van der Waals surface area contributed by atoms with Gasteiger partial charge >= 0.3 is 0 Å². The molecule has 47 valence electrons. The van der Waals surface area contributed by atoms with Crippen LogP contribution in [-0.2, 0) is 0 Å². The molecule has 8 heavy (non-hydrogen) atoms. The Balaban J connectivity index is 2.01. The van der Waals surface area contributed by atoms with Crippen LogP contribution in [0.15, 0.2) is 0 Å². The van der Waals surface area contributed by atoms with Crippen LogP contribution in [0.3, 0.4) is 0 Å². The average Bonchev–Trinajstić information content (AvgIpc) is 1.55. The van der Waals surface area contributed by atoms with E-state index >= 15 is 0 Å². The zero-order valence-electron chi connectivity index (χ0n) is 4.48. The highest BCUT2D eigenvalue weighted by atomic mass is 19.3. The molecule has 1 nitrogen and oxygen atoms in total. The Kier molecular flexibility index (Phi) is 1.78. The maximum atomic E-state index is 11.5. The summed E-state index contributed by atoms with van der Waals surface area (Å²) in [6.07, 6.45) is -0.189. The van der Waals surface area contributed by atoms with Crippen molar-refractivity contribution in [3.63, 3.8) is 0 Å². The predicted octanol–water partition coefficient (Wildman–Crippen LogP) is 0.771. The average molecular weight is 120 g/mol. The molecule has 1 radical (unpaired) electrons. The standard InChI is InChI=1S/C5H8F2N/c6-5(7)4-8-2-1-3-8/h1,5H,2-4H2. The summed E-state index contributed by atoms with van der Waals surface area (Å²) in [6.45, 7) is 1.42. The van der Waals surface area contributed by atoms with E-state index in [0.29, 0.717) is 0 Å². The number of rotatable bonds is 2.